The zero-order chi connectivity index (χ0) is 39.9. The van der Waals surface area contributed by atoms with E-state index in [0.29, 0.717) is 0 Å². The first kappa shape index (κ1) is 42.3. The topological polar surface area (TPSA) is 6.48 Å². The molecule has 0 saturated heterocycles. The molecule has 5 aromatic carbocycles. The quantitative estimate of drug-likeness (QED) is 0.0732. The molecule has 0 N–H and O–H groups in total. The van der Waals surface area contributed by atoms with Gasteiger partial charge in [0.25, 0.3) is 0 Å². The molecule has 0 bridgehead atoms. The molecule has 0 aliphatic heterocycles. The van der Waals surface area contributed by atoms with Crippen LogP contribution in [0.1, 0.15) is 135 Å². The van der Waals surface area contributed by atoms with E-state index in [1.807, 2.05) is 0 Å². The summed E-state index contributed by atoms with van der Waals surface area (Å²) in [7, 11) is 0. The van der Waals surface area contributed by atoms with Crippen LogP contribution in [0.4, 0.5) is 11.4 Å². The highest BCUT2D eigenvalue weighted by atomic mass is 15.1. The Hall–Kier alpha value is -4.82. The second-order valence-corrected chi connectivity index (χ2v) is 15.9. The van der Waals surface area contributed by atoms with Gasteiger partial charge in [0.15, 0.2) is 0 Å². The smallest absolute Gasteiger partial charge is 0.0366 e. The first-order valence-electron chi connectivity index (χ1n) is 21.6. The Morgan fingerprint density at radius 2 is 0.732 bits per heavy atom. The van der Waals surface area contributed by atoms with Gasteiger partial charge >= 0.3 is 0 Å². The zero-order valence-electron chi connectivity index (χ0n) is 35.9. The van der Waals surface area contributed by atoms with Crippen molar-refractivity contribution >= 4 is 34.7 Å². The molecule has 0 unspecified atom stereocenters. The summed E-state index contributed by atoms with van der Waals surface area (Å²) in [5.41, 5.74) is 17.8. The lowest BCUT2D eigenvalue weighted by molar-refractivity contribution is 0.678. The highest BCUT2D eigenvalue weighted by Gasteiger charge is 2.14. The molecule has 0 atom stereocenters. The maximum atomic E-state index is 2.57. The minimum absolute atomic E-state index is 1.11. The molecule has 2 heteroatoms. The molecule has 0 aromatic heterocycles. The first-order chi connectivity index (χ1) is 27.2. The molecule has 0 saturated carbocycles. The molecular formula is C54H68N2. The number of benzene rings is 5. The standard InChI is InChI=1S/C54H68N2/c1-9-13-33-55(34-14-10-2)49-27-23-47(24-28-49)53(51-31-17-41(5)37-43(51)7)39-45-19-21-46(22-20-45)40-54(52-32-18-42(6)38-44(52)8)48-25-29-50(30-26-48)56(35-15-11-3)36-16-12-4/h17-32,37-40H,9-16,33-36H2,1-8H3/b53-39-,54-40-. The Labute approximate surface area is 341 Å². The van der Waals surface area contributed by atoms with Gasteiger partial charge in [0.1, 0.15) is 0 Å². The first-order valence-corrected chi connectivity index (χ1v) is 21.6. The van der Waals surface area contributed by atoms with Crippen molar-refractivity contribution in [2.45, 2.75) is 107 Å². The van der Waals surface area contributed by atoms with E-state index < -0.39 is 0 Å². The highest BCUT2D eigenvalue weighted by Crippen LogP contribution is 2.33. The van der Waals surface area contributed by atoms with E-state index in [-0.39, 0.29) is 0 Å². The number of hydrogen-bond acceptors (Lipinski definition) is 2. The fraction of sp³-hybridized carbons (Fsp3) is 0.370. The Balaban J connectivity index is 1.51. The Kier molecular flexibility index (Phi) is 16.2. The largest absolute Gasteiger partial charge is 0.372 e. The van der Waals surface area contributed by atoms with Crippen LogP contribution >= 0.6 is 0 Å². The summed E-state index contributed by atoms with van der Waals surface area (Å²) in [4.78, 5) is 5.14. The molecule has 0 heterocycles. The van der Waals surface area contributed by atoms with E-state index in [1.54, 1.807) is 0 Å². The van der Waals surface area contributed by atoms with Crippen LogP contribution in [-0.2, 0) is 0 Å². The fourth-order valence-corrected chi connectivity index (χ4v) is 7.73. The van der Waals surface area contributed by atoms with Crippen molar-refractivity contribution in [1.82, 2.24) is 0 Å². The van der Waals surface area contributed by atoms with Crippen LogP contribution in [0, 0.1) is 27.7 Å². The SMILES string of the molecule is CCCCN(CCCC)c1ccc(/C(=C/c2ccc(/C=C(/c3ccc(N(CCCC)CCCC)cc3)c3ccc(C)cc3C)cc2)c2ccc(C)cc2C)cc1. The van der Waals surface area contributed by atoms with Crippen LogP contribution in [0.3, 0.4) is 0 Å². The lowest BCUT2D eigenvalue weighted by atomic mass is 9.90. The normalized spacial score (nSPS) is 11.9. The van der Waals surface area contributed by atoms with Crippen LogP contribution in [0.5, 0.6) is 0 Å². The predicted molar refractivity (Wildman–Crippen MR) is 249 cm³/mol. The fourth-order valence-electron chi connectivity index (χ4n) is 7.73. The van der Waals surface area contributed by atoms with E-state index in [0.717, 1.165) is 26.2 Å². The third kappa shape index (κ3) is 11.6. The summed E-state index contributed by atoms with van der Waals surface area (Å²) >= 11 is 0. The Morgan fingerprint density at radius 1 is 0.411 bits per heavy atom. The van der Waals surface area contributed by atoms with Crippen molar-refractivity contribution in [3.63, 3.8) is 0 Å². The van der Waals surface area contributed by atoms with Crippen LogP contribution in [0.25, 0.3) is 23.3 Å². The zero-order valence-corrected chi connectivity index (χ0v) is 35.9. The van der Waals surface area contributed by atoms with Gasteiger partial charge in [-0.1, -0.05) is 149 Å². The van der Waals surface area contributed by atoms with Gasteiger partial charge in [-0.05, 0) is 145 Å². The van der Waals surface area contributed by atoms with Crippen LogP contribution in [0.2, 0.25) is 0 Å². The number of unbranched alkanes of at least 4 members (excludes halogenated alkanes) is 4. The van der Waals surface area contributed by atoms with Crippen molar-refractivity contribution < 1.29 is 0 Å². The lowest BCUT2D eigenvalue weighted by Gasteiger charge is -2.25. The molecule has 0 amide bonds. The number of anilines is 2. The average molecular weight is 745 g/mol. The van der Waals surface area contributed by atoms with Gasteiger partial charge in [-0.15, -0.1) is 0 Å². The Morgan fingerprint density at radius 3 is 1.02 bits per heavy atom. The lowest BCUT2D eigenvalue weighted by Crippen LogP contribution is -2.25. The number of aryl methyl sites for hydroxylation is 4. The minimum Gasteiger partial charge on any atom is -0.372 e. The van der Waals surface area contributed by atoms with Gasteiger partial charge in [-0.3, -0.25) is 0 Å². The van der Waals surface area contributed by atoms with Crippen molar-refractivity contribution in [1.29, 1.82) is 0 Å². The van der Waals surface area contributed by atoms with Gasteiger partial charge in [-0.2, -0.15) is 0 Å². The molecular weight excluding hydrogens is 677 g/mol. The van der Waals surface area contributed by atoms with Gasteiger partial charge in [-0.25, -0.2) is 0 Å². The summed E-state index contributed by atoms with van der Waals surface area (Å²) in [6, 6.07) is 41.5. The van der Waals surface area contributed by atoms with Gasteiger partial charge in [0.05, 0.1) is 0 Å². The summed E-state index contributed by atoms with van der Waals surface area (Å²) in [6.07, 6.45) is 14.5. The van der Waals surface area contributed by atoms with E-state index in [4.69, 9.17) is 0 Å². The molecule has 2 nitrogen and oxygen atoms in total. The number of rotatable bonds is 20. The highest BCUT2D eigenvalue weighted by molar-refractivity contribution is 5.94. The van der Waals surface area contributed by atoms with E-state index in [2.05, 4.69) is 187 Å². The maximum Gasteiger partial charge on any atom is 0.0366 e. The average Bonchev–Trinajstić information content (AvgIpc) is 3.20. The molecule has 0 fully saturated rings. The third-order valence-corrected chi connectivity index (χ3v) is 11.1. The van der Waals surface area contributed by atoms with E-state index in [9.17, 15) is 0 Å². The molecule has 56 heavy (non-hydrogen) atoms. The molecule has 0 aliphatic rings. The monoisotopic (exact) mass is 745 g/mol. The van der Waals surface area contributed by atoms with Gasteiger partial charge < -0.3 is 9.80 Å². The number of hydrogen-bond donors (Lipinski definition) is 0. The summed E-state index contributed by atoms with van der Waals surface area (Å²) in [5, 5.41) is 0. The third-order valence-electron chi connectivity index (χ3n) is 11.1. The molecule has 294 valence electrons. The molecule has 0 aliphatic carbocycles. The summed E-state index contributed by atoms with van der Waals surface area (Å²) in [5.74, 6) is 0. The van der Waals surface area contributed by atoms with Gasteiger partial charge in [0, 0.05) is 37.6 Å². The molecule has 0 radical (unpaired) electrons. The molecule has 5 aromatic rings. The van der Waals surface area contributed by atoms with Crippen molar-refractivity contribution in [3.8, 4) is 0 Å². The van der Waals surface area contributed by atoms with Crippen LogP contribution < -0.4 is 9.80 Å². The van der Waals surface area contributed by atoms with Crippen LogP contribution in [-0.4, -0.2) is 26.2 Å². The van der Waals surface area contributed by atoms with E-state index >= 15 is 0 Å². The summed E-state index contributed by atoms with van der Waals surface area (Å²) < 4.78 is 0. The second-order valence-electron chi connectivity index (χ2n) is 15.9. The molecule has 0 spiro atoms. The van der Waals surface area contributed by atoms with Crippen molar-refractivity contribution in [2.75, 3.05) is 36.0 Å². The van der Waals surface area contributed by atoms with Crippen molar-refractivity contribution in [3.05, 3.63) is 165 Å². The number of nitrogens with zero attached hydrogens (tertiary/aromatic N) is 2. The Bertz CT molecular complexity index is 1850. The molecule has 5 rings (SSSR count). The maximum absolute atomic E-state index is 2.57. The van der Waals surface area contributed by atoms with Gasteiger partial charge in [0.2, 0.25) is 0 Å². The van der Waals surface area contributed by atoms with Crippen molar-refractivity contribution in [2.24, 2.45) is 0 Å². The van der Waals surface area contributed by atoms with Crippen LogP contribution in [0.15, 0.2) is 109 Å². The van der Waals surface area contributed by atoms with E-state index in [1.165, 1.54) is 130 Å². The summed E-state index contributed by atoms with van der Waals surface area (Å²) in [6.45, 7) is 22.4. The minimum atomic E-state index is 1.11. The predicted octanol–water partition coefficient (Wildman–Crippen LogP) is 14.9. The second kappa shape index (κ2) is 21.5.